The lowest BCUT2D eigenvalue weighted by atomic mass is 10.2. The third kappa shape index (κ3) is 12.3. The smallest absolute Gasteiger partial charge is 0.221 e. The first kappa shape index (κ1) is 19.9. The molecule has 0 aromatic carbocycles. The van der Waals surface area contributed by atoms with Gasteiger partial charge >= 0.3 is 0 Å². The summed E-state index contributed by atoms with van der Waals surface area (Å²) < 4.78 is 0. The van der Waals surface area contributed by atoms with Gasteiger partial charge in [-0.2, -0.15) is 0 Å². The molecule has 0 saturated carbocycles. The normalized spacial score (nSPS) is 10.7. The highest BCUT2D eigenvalue weighted by molar-refractivity contribution is 5.76. The number of carbonyl (C=O) groups is 2. The standard InChI is InChI=1S/C15H32N4O2/c1-3-5-11-19(12-6-14(20)17-9-4-2)13-7-15(21)18-10-8-16/h3-13,16H2,1-2H3,(H,17,20)(H,18,21). The van der Waals surface area contributed by atoms with E-state index in [0.29, 0.717) is 39.0 Å². The fourth-order valence-electron chi connectivity index (χ4n) is 1.89. The molecule has 6 nitrogen and oxygen atoms in total. The van der Waals surface area contributed by atoms with Gasteiger partial charge in [-0.15, -0.1) is 0 Å². The highest BCUT2D eigenvalue weighted by Gasteiger charge is 2.10. The number of amides is 2. The Hall–Kier alpha value is -1.14. The van der Waals surface area contributed by atoms with Crippen LogP contribution in [-0.4, -0.2) is 56.0 Å². The van der Waals surface area contributed by atoms with Crippen LogP contribution in [0.3, 0.4) is 0 Å². The Balaban J connectivity index is 4.01. The predicted octanol–water partition coefficient (Wildman–Crippen LogP) is 0.470. The lowest BCUT2D eigenvalue weighted by molar-refractivity contribution is -0.121. The first-order valence-electron chi connectivity index (χ1n) is 8.09. The van der Waals surface area contributed by atoms with Gasteiger partial charge in [0.2, 0.25) is 11.8 Å². The molecular weight excluding hydrogens is 268 g/mol. The number of nitrogens with two attached hydrogens (primary N) is 1. The number of nitrogens with zero attached hydrogens (tertiary/aromatic N) is 1. The Morgan fingerprint density at radius 1 is 0.905 bits per heavy atom. The molecule has 0 unspecified atom stereocenters. The van der Waals surface area contributed by atoms with Gasteiger partial charge < -0.3 is 21.3 Å². The van der Waals surface area contributed by atoms with Crippen molar-refractivity contribution in [3.63, 3.8) is 0 Å². The molecular formula is C15H32N4O2. The molecule has 124 valence electrons. The summed E-state index contributed by atoms with van der Waals surface area (Å²) in [5, 5.41) is 5.64. The Labute approximate surface area is 128 Å². The van der Waals surface area contributed by atoms with E-state index >= 15 is 0 Å². The summed E-state index contributed by atoms with van der Waals surface area (Å²) in [6.07, 6.45) is 4.10. The summed E-state index contributed by atoms with van der Waals surface area (Å²) in [6.45, 7) is 8.22. The van der Waals surface area contributed by atoms with Crippen molar-refractivity contribution in [1.82, 2.24) is 15.5 Å². The van der Waals surface area contributed by atoms with Gasteiger partial charge in [-0.05, 0) is 19.4 Å². The maximum absolute atomic E-state index is 11.6. The van der Waals surface area contributed by atoms with Crippen molar-refractivity contribution in [2.45, 2.75) is 46.0 Å². The highest BCUT2D eigenvalue weighted by atomic mass is 16.2. The van der Waals surface area contributed by atoms with Crippen LogP contribution in [0.15, 0.2) is 0 Å². The third-order valence-electron chi connectivity index (χ3n) is 3.18. The zero-order valence-electron chi connectivity index (χ0n) is 13.6. The lowest BCUT2D eigenvalue weighted by Gasteiger charge is -2.21. The van der Waals surface area contributed by atoms with Crippen molar-refractivity contribution in [2.24, 2.45) is 5.73 Å². The zero-order chi connectivity index (χ0) is 15.9. The minimum Gasteiger partial charge on any atom is -0.356 e. The minimum atomic E-state index is 0.0254. The quantitative estimate of drug-likeness (QED) is 0.461. The first-order valence-corrected chi connectivity index (χ1v) is 8.09. The fraction of sp³-hybridized carbons (Fsp3) is 0.867. The molecule has 6 heteroatoms. The number of hydrogen-bond acceptors (Lipinski definition) is 4. The van der Waals surface area contributed by atoms with E-state index < -0.39 is 0 Å². The van der Waals surface area contributed by atoms with Crippen LogP contribution >= 0.6 is 0 Å². The summed E-state index contributed by atoms with van der Waals surface area (Å²) in [6, 6.07) is 0. The van der Waals surface area contributed by atoms with E-state index in [1.807, 2.05) is 6.92 Å². The highest BCUT2D eigenvalue weighted by Crippen LogP contribution is 1.99. The molecule has 0 aromatic rings. The Morgan fingerprint density at radius 3 is 1.95 bits per heavy atom. The minimum absolute atomic E-state index is 0.0254. The van der Waals surface area contributed by atoms with E-state index in [4.69, 9.17) is 5.73 Å². The van der Waals surface area contributed by atoms with Gasteiger partial charge in [0.15, 0.2) is 0 Å². The largest absolute Gasteiger partial charge is 0.356 e. The molecule has 0 spiro atoms. The van der Waals surface area contributed by atoms with Crippen LogP contribution in [0.1, 0.15) is 46.0 Å². The Bertz CT molecular complexity index is 261. The van der Waals surface area contributed by atoms with Crippen molar-refractivity contribution in [1.29, 1.82) is 0 Å². The molecule has 0 atom stereocenters. The van der Waals surface area contributed by atoms with Crippen molar-refractivity contribution in [3.05, 3.63) is 0 Å². The van der Waals surface area contributed by atoms with Crippen LogP contribution in [0.25, 0.3) is 0 Å². The maximum Gasteiger partial charge on any atom is 0.221 e. The molecule has 0 bridgehead atoms. The van der Waals surface area contributed by atoms with E-state index in [1.165, 1.54) is 0 Å². The van der Waals surface area contributed by atoms with E-state index in [9.17, 15) is 9.59 Å². The van der Waals surface area contributed by atoms with Gasteiger partial charge in [0, 0.05) is 45.6 Å². The molecule has 0 aliphatic carbocycles. The van der Waals surface area contributed by atoms with Crippen molar-refractivity contribution in [3.8, 4) is 0 Å². The second-order valence-corrected chi connectivity index (χ2v) is 5.18. The molecule has 0 rings (SSSR count). The number of carbonyl (C=O) groups excluding carboxylic acids is 2. The van der Waals surface area contributed by atoms with Crippen LogP contribution in [0.5, 0.6) is 0 Å². The van der Waals surface area contributed by atoms with Crippen LogP contribution in [0, 0.1) is 0 Å². The van der Waals surface area contributed by atoms with Gasteiger partial charge in [-0.25, -0.2) is 0 Å². The molecule has 0 saturated heterocycles. The monoisotopic (exact) mass is 300 g/mol. The molecule has 21 heavy (non-hydrogen) atoms. The topological polar surface area (TPSA) is 87.5 Å². The van der Waals surface area contributed by atoms with Gasteiger partial charge in [0.25, 0.3) is 0 Å². The zero-order valence-corrected chi connectivity index (χ0v) is 13.6. The van der Waals surface area contributed by atoms with Gasteiger partial charge in [-0.3, -0.25) is 9.59 Å². The summed E-state index contributed by atoms with van der Waals surface area (Å²) in [5.41, 5.74) is 5.35. The first-order chi connectivity index (χ1) is 10.1. The van der Waals surface area contributed by atoms with Crippen molar-refractivity contribution < 1.29 is 9.59 Å². The van der Waals surface area contributed by atoms with Gasteiger partial charge in [-0.1, -0.05) is 20.3 Å². The third-order valence-corrected chi connectivity index (χ3v) is 3.18. The fourth-order valence-corrected chi connectivity index (χ4v) is 1.89. The van der Waals surface area contributed by atoms with Crippen molar-refractivity contribution in [2.75, 3.05) is 39.3 Å². The molecule has 0 radical (unpaired) electrons. The van der Waals surface area contributed by atoms with Gasteiger partial charge in [0.05, 0.1) is 0 Å². The SMILES string of the molecule is CCCCN(CCC(=O)NCCC)CCC(=O)NCCN. The average molecular weight is 300 g/mol. The van der Waals surface area contributed by atoms with Crippen LogP contribution in [-0.2, 0) is 9.59 Å². The lowest BCUT2D eigenvalue weighted by Crippen LogP contribution is -2.36. The molecule has 0 aromatic heterocycles. The number of nitrogens with one attached hydrogen (secondary N) is 2. The average Bonchev–Trinajstić information content (AvgIpc) is 2.49. The van der Waals surface area contributed by atoms with Gasteiger partial charge in [0.1, 0.15) is 0 Å². The number of unbranched alkanes of at least 4 members (excludes halogenated alkanes) is 1. The summed E-state index contributed by atoms with van der Waals surface area (Å²) >= 11 is 0. The van der Waals surface area contributed by atoms with E-state index in [-0.39, 0.29) is 11.8 Å². The molecule has 0 heterocycles. The molecule has 0 aliphatic rings. The van der Waals surface area contributed by atoms with E-state index in [1.54, 1.807) is 0 Å². The summed E-state index contributed by atoms with van der Waals surface area (Å²) in [7, 11) is 0. The Kier molecular flexibility index (Phi) is 13.1. The predicted molar refractivity (Wildman–Crippen MR) is 85.9 cm³/mol. The summed E-state index contributed by atoms with van der Waals surface area (Å²) in [4.78, 5) is 25.4. The molecule has 0 aliphatic heterocycles. The van der Waals surface area contributed by atoms with Crippen LogP contribution in [0.4, 0.5) is 0 Å². The molecule has 0 fully saturated rings. The molecule has 4 N–H and O–H groups in total. The van der Waals surface area contributed by atoms with Crippen LogP contribution < -0.4 is 16.4 Å². The second-order valence-electron chi connectivity index (χ2n) is 5.18. The summed E-state index contributed by atoms with van der Waals surface area (Å²) in [5.74, 6) is 0.114. The number of rotatable bonds is 13. The van der Waals surface area contributed by atoms with E-state index in [0.717, 1.165) is 32.4 Å². The van der Waals surface area contributed by atoms with Crippen LogP contribution in [0.2, 0.25) is 0 Å². The second kappa shape index (κ2) is 13.8. The van der Waals surface area contributed by atoms with Crippen molar-refractivity contribution >= 4 is 11.8 Å². The Morgan fingerprint density at radius 2 is 1.48 bits per heavy atom. The number of hydrogen-bond donors (Lipinski definition) is 3. The molecule has 2 amide bonds. The maximum atomic E-state index is 11.6. The van der Waals surface area contributed by atoms with E-state index in [2.05, 4.69) is 22.5 Å².